The van der Waals surface area contributed by atoms with Crippen LogP contribution in [0.5, 0.6) is 0 Å². The number of nitrogens with zero attached hydrogens (tertiary/aromatic N) is 5. The van der Waals surface area contributed by atoms with Gasteiger partial charge in [0, 0.05) is 32.5 Å². The third-order valence-electron chi connectivity index (χ3n) is 9.85. The Bertz CT molecular complexity index is 3120. The lowest BCUT2D eigenvalue weighted by Gasteiger charge is -2.12. The van der Waals surface area contributed by atoms with E-state index in [4.69, 9.17) is 15.0 Å². The van der Waals surface area contributed by atoms with Crippen LogP contribution in [-0.4, -0.2) is 23.9 Å². The van der Waals surface area contributed by atoms with Gasteiger partial charge in [-0.25, -0.2) is 15.0 Å². The van der Waals surface area contributed by atoms with Crippen molar-refractivity contribution >= 4 is 81.8 Å². The molecule has 4 aromatic heterocycles. The molecule has 11 aromatic rings. The average molecular weight is 612 g/mol. The van der Waals surface area contributed by atoms with E-state index in [-0.39, 0.29) is 0 Å². The predicted octanol–water partition coefficient (Wildman–Crippen LogP) is 10.7. The molecule has 0 saturated heterocycles. The van der Waals surface area contributed by atoms with Crippen molar-refractivity contribution in [1.29, 1.82) is 0 Å². The molecule has 5 nitrogen and oxygen atoms in total. The summed E-state index contributed by atoms with van der Waals surface area (Å²) in [5.41, 5.74) is 9.27. The number of fused-ring (bicyclic) bond motifs is 13. The first-order chi connectivity index (χ1) is 23.8. The Morgan fingerprint density at radius 2 is 1.00 bits per heavy atom. The van der Waals surface area contributed by atoms with E-state index in [0.717, 1.165) is 66.2 Å². The highest BCUT2D eigenvalue weighted by Crippen LogP contribution is 2.38. The normalized spacial score (nSPS) is 12.2. The highest BCUT2D eigenvalue weighted by atomic mass is 15.2. The number of imidazole rings is 1. The maximum Gasteiger partial charge on any atom is 0.235 e. The molecular formula is C43H25N5. The van der Waals surface area contributed by atoms with Crippen molar-refractivity contribution in [3.63, 3.8) is 0 Å². The maximum atomic E-state index is 5.27. The smallest absolute Gasteiger partial charge is 0.235 e. The van der Waals surface area contributed by atoms with Gasteiger partial charge in [-0.1, -0.05) is 109 Å². The molecule has 0 N–H and O–H groups in total. The van der Waals surface area contributed by atoms with Crippen LogP contribution in [0.2, 0.25) is 0 Å². The first-order valence-corrected chi connectivity index (χ1v) is 16.2. The third kappa shape index (κ3) is 3.47. The number of hydrogen-bond acceptors (Lipinski definition) is 3. The summed E-state index contributed by atoms with van der Waals surface area (Å²) in [5.74, 6) is 0.657. The van der Waals surface area contributed by atoms with Crippen LogP contribution in [0.3, 0.4) is 0 Å². The van der Waals surface area contributed by atoms with Gasteiger partial charge in [-0.15, -0.1) is 0 Å². The molecule has 0 fully saturated rings. The summed E-state index contributed by atoms with van der Waals surface area (Å²) in [5, 5.41) is 9.26. The van der Waals surface area contributed by atoms with Crippen LogP contribution < -0.4 is 0 Å². The van der Waals surface area contributed by atoms with E-state index in [1.165, 1.54) is 26.9 Å². The van der Waals surface area contributed by atoms with Gasteiger partial charge in [-0.05, 0) is 58.6 Å². The van der Waals surface area contributed by atoms with Crippen molar-refractivity contribution in [2.75, 3.05) is 0 Å². The van der Waals surface area contributed by atoms with Crippen molar-refractivity contribution in [2.45, 2.75) is 0 Å². The zero-order valence-electron chi connectivity index (χ0n) is 25.7. The molecule has 0 saturated carbocycles. The van der Waals surface area contributed by atoms with Crippen molar-refractivity contribution in [3.05, 3.63) is 152 Å². The first kappa shape index (κ1) is 25.6. The lowest BCUT2D eigenvalue weighted by atomic mass is 10.0. The van der Waals surface area contributed by atoms with Gasteiger partial charge >= 0.3 is 0 Å². The Morgan fingerprint density at radius 3 is 1.83 bits per heavy atom. The van der Waals surface area contributed by atoms with Gasteiger partial charge in [0.25, 0.3) is 0 Å². The molecule has 222 valence electrons. The minimum absolute atomic E-state index is 0.657. The van der Waals surface area contributed by atoms with Crippen LogP contribution in [0, 0.1) is 0 Å². The summed E-state index contributed by atoms with van der Waals surface area (Å²) in [6.07, 6.45) is 0. The monoisotopic (exact) mass is 611 g/mol. The van der Waals surface area contributed by atoms with Crippen LogP contribution in [0.15, 0.2) is 152 Å². The fourth-order valence-corrected chi connectivity index (χ4v) is 7.72. The fourth-order valence-electron chi connectivity index (χ4n) is 7.72. The maximum absolute atomic E-state index is 5.27. The molecule has 0 aliphatic heterocycles. The van der Waals surface area contributed by atoms with Crippen molar-refractivity contribution in [3.8, 4) is 17.2 Å². The van der Waals surface area contributed by atoms with Gasteiger partial charge in [0.1, 0.15) is 5.65 Å². The SMILES string of the molecule is c1ccc(-c2nc(-n3c4ccccc4c4cc5cc6c(cc5cc43)nc3c4ccccc4c4ccccc4n63)nc3ccccc23)cc1. The molecule has 0 bridgehead atoms. The molecule has 0 amide bonds. The van der Waals surface area contributed by atoms with Crippen LogP contribution >= 0.6 is 0 Å². The molecule has 5 heteroatoms. The Labute approximate surface area is 274 Å². The second kappa shape index (κ2) is 9.47. The Kier molecular flexibility index (Phi) is 5.05. The quantitative estimate of drug-likeness (QED) is 0.183. The van der Waals surface area contributed by atoms with Crippen LogP contribution in [0.1, 0.15) is 0 Å². The molecule has 0 atom stereocenters. The van der Waals surface area contributed by atoms with Gasteiger partial charge in [0.2, 0.25) is 5.95 Å². The standard InChI is InChI=1S/C43H25N5/c1-2-12-26(13-3-1)41-33-18-6-9-19-35(33)45-43(46-41)48-38-21-11-8-16-31(38)34-22-27-25-40-36(23-28(27)24-39(34)48)44-42-32-17-5-4-14-29(32)30-15-7-10-20-37(30)47(40)42/h1-25H. The van der Waals surface area contributed by atoms with Gasteiger partial charge in [-0.2, -0.15) is 0 Å². The van der Waals surface area contributed by atoms with Crippen molar-refractivity contribution < 1.29 is 0 Å². The van der Waals surface area contributed by atoms with Gasteiger partial charge in [-0.3, -0.25) is 8.97 Å². The first-order valence-electron chi connectivity index (χ1n) is 16.2. The minimum atomic E-state index is 0.657. The minimum Gasteiger partial charge on any atom is -0.292 e. The zero-order chi connectivity index (χ0) is 31.3. The zero-order valence-corrected chi connectivity index (χ0v) is 25.7. The van der Waals surface area contributed by atoms with Crippen LogP contribution in [0.4, 0.5) is 0 Å². The topological polar surface area (TPSA) is 48.0 Å². The Hall–Kier alpha value is -6.59. The van der Waals surface area contributed by atoms with E-state index in [9.17, 15) is 0 Å². The predicted molar refractivity (Wildman–Crippen MR) is 198 cm³/mol. The summed E-state index contributed by atoms with van der Waals surface area (Å²) in [7, 11) is 0. The molecule has 4 heterocycles. The van der Waals surface area contributed by atoms with Crippen molar-refractivity contribution in [2.24, 2.45) is 0 Å². The molecular weight excluding hydrogens is 587 g/mol. The van der Waals surface area contributed by atoms with E-state index in [1.807, 2.05) is 12.1 Å². The lowest BCUT2D eigenvalue weighted by molar-refractivity contribution is 1.01. The molecule has 0 unspecified atom stereocenters. The molecule has 0 spiro atoms. The van der Waals surface area contributed by atoms with E-state index in [2.05, 4.69) is 148 Å². The second-order valence-electron chi connectivity index (χ2n) is 12.5. The molecule has 48 heavy (non-hydrogen) atoms. The Balaban J connectivity index is 1.24. The fraction of sp³-hybridized carbons (Fsp3) is 0. The van der Waals surface area contributed by atoms with E-state index in [0.29, 0.717) is 5.95 Å². The molecule has 0 aliphatic carbocycles. The number of para-hydroxylation sites is 3. The summed E-state index contributed by atoms with van der Waals surface area (Å²) < 4.78 is 4.55. The van der Waals surface area contributed by atoms with Crippen LogP contribution in [-0.2, 0) is 0 Å². The van der Waals surface area contributed by atoms with Crippen LogP contribution in [0.25, 0.3) is 99.0 Å². The third-order valence-corrected chi connectivity index (χ3v) is 9.85. The second-order valence-corrected chi connectivity index (χ2v) is 12.5. The highest BCUT2D eigenvalue weighted by molar-refractivity contribution is 6.17. The number of aromatic nitrogens is 5. The molecule has 11 rings (SSSR count). The Morgan fingerprint density at radius 1 is 0.375 bits per heavy atom. The van der Waals surface area contributed by atoms with E-state index >= 15 is 0 Å². The van der Waals surface area contributed by atoms with E-state index < -0.39 is 0 Å². The molecule has 0 radical (unpaired) electrons. The summed E-state index contributed by atoms with van der Waals surface area (Å²) >= 11 is 0. The lowest BCUT2D eigenvalue weighted by Crippen LogP contribution is -2.03. The summed E-state index contributed by atoms with van der Waals surface area (Å²) in [6, 6.07) is 53.6. The molecule has 7 aromatic carbocycles. The number of hydrogen-bond donors (Lipinski definition) is 0. The average Bonchev–Trinajstić information content (AvgIpc) is 3.68. The van der Waals surface area contributed by atoms with Gasteiger partial charge < -0.3 is 0 Å². The van der Waals surface area contributed by atoms with E-state index in [1.54, 1.807) is 0 Å². The summed E-state index contributed by atoms with van der Waals surface area (Å²) in [6.45, 7) is 0. The number of benzene rings is 7. The highest BCUT2D eigenvalue weighted by Gasteiger charge is 2.19. The molecule has 0 aliphatic rings. The van der Waals surface area contributed by atoms with Gasteiger partial charge in [0.05, 0.1) is 38.8 Å². The van der Waals surface area contributed by atoms with Gasteiger partial charge in [0.15, 0.2) is 0 Å². The van der Waals surface area contributed by atoms with Crippen molar-refractivity contribution in [1.82, 2.24) is 23.9 Å². The number of pyridine rings is 1. The summed E-state index contributed by atoms with van der Waals surface area (Å²) in [4.78, 5) is 15.7. The largest absolute Gasteiger partial charge is 0.292 e. The number of rotatable bonds is 2.